The largest absolute Gasteiger partial charge is 0.451 e. The van der Waals surface area contributed by atoms with Crippen LogP contribution in [-0.2, 0) is 17.5 Å². The van der Waals surface area contributed by atoms with Crippen molar-refractivity contribution in [3.05, 3.63) is 41.9 Å². The molecular weight excluding hydrogens is 366 g/mol. The lowest BCUT2D eigenvalue weighted by Gasteiger charge is -2.13. The third kappa shape index (κ3) is 4.57. The van der Waals surface area contributed by atoms with E-state index in [4.69, 9.17) is 0 Å². The Balaban J connectivity index is 1.71. The monoisotopic (exact) mass is 383 g/mol. The molecule has 27 heavy (non-hydrogen) atoms. The summed E-state index contributed by atoms with van der Waals surface area (Å²) in [5.74, 6) is -2.12. The summed E-state index contributed by atoms with van der Waals surface area (Å²) in [4.78, 5) is 22.5. The third-order valence-electron chi connectivity index (χ3n) is 4.28. The maximum atomic E-state index is 14.0. The number of pyridine rings is 1. The molecule has 2 N–H and O–H groups in total. The minimum Gasteiger partial charge on any atom is -0.351 e. The van der Waals surface area contributed by atoms with E-state index in [0.29, 0.717) is 6.42 Å². The molecule has 0 aliphatic carbocycles. The van der Waals surface area contributed by atoms with Crippen LogP contribution < -0.4 is 10.6 Å². The van der Waals surface area contributed by atoms with Gasteiger partial charge in [-0.1, -0.05) is 0 Å². The van der Waals surface area contributed by atoms with Crippen molar-refractivity contribution in [1.29, 1.82) is 0 Å². The zero-order valence-corrected chi connectivity index (χ0v) is 14.3. The van der Waals surface area contributed by atoms with Crippen LogP contribution in [0.3, 0.4) is 0 Å². The first-order valence-electron chi connectivity index (χ1n) is 8.32. The number of nitrogens with one attached hydrogen (secondary N) is 2. The van der Waals surface area contributed by atoms with Crippen LogP contribution in [0, 0.1) is 5.82 Å². The van der Waals surface area contributed by atoms with Gasteiger partial charge in [-0.05, 0) is 25.8 Å². The molecule has 1 fully saturated rings. The molecule has 144 valence electrons. The number of hydrogen-bond acceptors (Lipinski definition) is 5. The standard InChI is InChI=1S/C17H17F4N5O/c1-9-2-3-13(26-9)15(27)23-5-10-4-14(22-8-12(10)18)11-6-24-16(25-7-11)17(19,20)21/h4,6-9,13,26H,2-3,5H2,1H3,(H,23,27). The van der Waals surface area contributed by atoms with Gasteiger partial charge in [0.1, 0.15) is 5.82 Å². The molecule has 2 unspecified atom stereocenters. The number of rotatable bonds is 4. The molecule has 3 rings (SSSR count). The summed E-state index contributed by atoms with van der Waals surface area (Å²) in [6.07, 6.45) is -0.148. The van der Waals surface area contributed by atoms with Crippen molar-refractivity contribution in [3.63, 3.8) is 0 Å². The number of nitrogens with zero attached hydrogens (tertiary/aromatic N) is 3. The molecule has 0 aromatic carbocycles. The van der Waals surface area contributed by atoms with Gasteiger partial charge in [-0.2, -0.15) is 13.2 Å². The summed E-state index contributed by atoms with van der Waals surface area (Å²) in [5.41, 5.74) is 0.586. The molecule has 0 radical (unpaired) electrons. The summed E-state index contributed by atoms with van der Waals surface area (Å²) in [6.45, 7) is 1.92. The lowest BCUT2D eigenvalue weighted by Crippen LogP contribution is -2.41. The van der Waals surface area contributed by atoms with E-state index in [1.807, 2.05) is 6.92 Å². The van der Waals surface area contributed by atoms with Gasteiger partial charge in [0.15, 0.2) is 0 Å². The number of hydrogen-bond donors (Lipinski definition) is 2. The number of aromatic nitrogens is 3. The highest BCUT2D eigenvalue weighted by Gasteiger charge is 2.34. The van der Waals surface area contributed by atoms with E-state index in [1.165, 1.54) is 6.07 Å². The molecule has 1 aliphatic rings. The molecular formula is C17H17F4N5O. The predicted molar refractivity (Wildman–Crippen MR) is 87.7 cm³/mol. The zero-order chi connectivity index (χ0) is 19.6. The van der Waals surface area contributed by atoms with Crippen LogP contribution in [-0.4, -0.2) is 32.9 Å². The molecule has 10 heteroatoms. The average molecular weight is 383 g/mol. The molecule has 2 aromatic heterocycles. The van der Waals surface area contributed by atoms with Crippen LogP contribution in [0.1, 0.15) is 31.2 Å². The maximum Gasteiger partial charge on any atom is 0.451 e. The Kier molecular flexibility index (Phi) is 5.36. The van der Waals surface area contributed by atoms with Gasteiger partial charge in [0.25, 0.3) is 0 Å². The van der Waals surface area contributed by atoms with E-state index >= 15 is 0 Å². The van der Waals surface area contributed by atoms with Gasteiger partial charge >= 0.3 is 6.18 Å². The topological polar surface area (TPSA) is 79.8 Å². The van der Waals surface area contributed by atoms with Gasteiger partial charge in [-0.15, -0.1) is 0 Å². The summed E-state index contributed by atoms with van der Waals surface area (Å²) in [7, 11) is 0. The van der Waals surface area contributed by atoms with E-state index in [9.17, 15) is 22.4 Å². The van der Waals surface area contributed by atoms with Gasteiger partial charge < -0.3 is 10.6 Å². The van der Waals surface area contributed by atoms with E-state index in [2.05, 4.69) is 25.6 Å². The third-order valence-corrected chi connectivity index (χ3v) is 4.28. The normalized spacial score (nSPS) is 19.9. The van der Waals surface area contributed by atoms with Crippen molar-refractivity contribution < 1.29 is 22.4 Å². The average Bonchev–Trinajstić information content (AvgIpc) is 3.07. The van der Waals surface area contributed by atoms with Crippen LogP contribution in [0.25, 0.3) is 11.3 Å². The van der Waals surface area contributed by atoms with Gasteiger partial charge in [-0.3, -0.25) is 9.78 Å². The Bertz CT molecular complexity index is 825. The number of halogens is 4. The van der Waals surface area contributed by atoms with Gasteiger partial charge in [0.2, 0.25) is 11.7 Å². The van der Waals surface area contributed by atoms with Crippen molar-refractivity contribution in [3.8, 4) is 11.3 Å². The first-order chi connectivity index (χ1) is 12.7. The quantitative estimate of drug-likeness (QED) is 0.793. The second kappa shape index (κ2) is 7.55. The number of alkyl halides is 3. The van der Waals surface area contributed by atoms with Gasteiger partial charge in [0.05, 0.1) is 17.9 Å². The van der Waals surface area contributed by atoms with Crippen molar-refractivity contribution in [2.45, 2.75) is 44.6 Å². The Hall–Kier alpha value is -2.62. The highest BCUT2D eigenvalue weighted by molar-refractivity contribution is 5.82. The Labute approximate surface area is 152 Å². The van der Waals surface area contributed by atoms with Crippen LogP contribution in [0.5, 0.6) is 0 Å². The van der Waals surface area contributed by atoms with Crippen LogP contribution in [0.4, 0.5) is 17.6 Å². The molecule has 1 saturated heterocycles. The molecule has 6 nitrogen and oxygen atoms in total. The second-order valence-corrected chi connectivity index (χ2v) is 6.37. The van der Waals surface area contributed by atoms with Gasteiger partial charge in [0, 0.05) is 36.1 Å². The molecule has 0 bridgehead atoms. The fourth-order valence-corrected chi connectivity index (χ4v) is 2.82. The Morgan fingerprint density at radius 3 is 2.52 bits per heavy atom. The van der Waals surface area contributed by atoms with E-state index in [1.54, 1.807) is 0 Å². The summed E-state index contributed by atoms with van der Waals surface area (Å²) >= 11 is 0. The maximum absolute atomic E-state index is 14.0. The van der Waals surface area contributed by atoms with Crippen molar-refractivity contribution in [2.24, 2.45) is 0 Å². The molecule has 1 amide bonds. The van der Waals surface area contributed by atoms with Gasteiger partial charge in [-0.25, -0.2) is 14.4 Å². The smallest absolute Gasteiger partial charge is 0.351 e. The lowest BCUT2D eigenvalue weighted by molar-refractivity contribution is -0.145. The minimum absolute atomic E-state index is 0.0613. The molecule has 0 saturated carbocycles. The molecule has 0 spiro atoms. The number of carbonyl (C=O) groups is 1. The molecule has 2 atom stereocenters. The highest BCUT2D eigenvalue weighted by atomic mass is 19.4. The fourth-order valence-electron chi connectivity index (χ4n) is 2.82. The number of carbonyl (C=O) groups excluding carboxylic acids is 1. The Morgan fingerprint density at radius 1 is 1.22 bits per heavy atom. The van der Waals surface area contributed by atoms with Crippen LogP contribution >= 0.6 is 0 Å². The van der Waals surface area contributed by atoms with Crippen LogP contribution in [0.2, 0.25) is 0 Å². The molecule has 3 heterocycles. The second-order valence-electron chi connectivity index (χ2n) is 6.37. The number of amides is 1. The first-order valence-corrected chi connectivity index (χ1v) is 8.32. The van der Waals surface area contributed by atoms with E-state index in [-0.39, 0.29) is 41.4 Å². The minimum atomic E-state index is -4.64. The van der Waals surface area contributed by atoms with Crippen molar-refractivity contribution in [2.75, 3.05) is 0 Å². The zero-order valence-electron chi connectivity index (χ0n) is 14.3. The summed E-state index contributed by atoms with van der Waals surface area (Å²) < 4.78 is 51.6. The predicted octanol–water partition coefficient (Wildman–Crippen LogP) is 2.45. The van der Waals surface area contributed by atoms with E-state index < -0.39 is 17.8 Å². The highest BCUT2D eigenvalue weighted by Crippen LogP contribution is 2.27. The molecule has 2 aromatic rings. The fraction of sp³-hybridized carbons (Fsp3) is 0.412. The lowest BCUT2D eigenvalue weighted by atomic mass is 10.1. The van der Waals surface area contributed by atoms with Crippen molar-refractivity contribution >= 4 is 5.91 Å². The summed E-state index contributed by atoms with van der Waals surface area (Å²) in [5, 5.41) is 5.79. The molecule has 1 aliphatic heterocycles. The van der Waals surface area contributed by atoms with Crippen molar-refractivity contribution in [1.82, 2.24) is 25.6 Å². The van der Waals surface area contributed by atoms with E-state index in [0.717, 1.165) is 25.0 Å². The first kappa shape index (κ1) is 19.2. The SMILES string of the molecule is CC1CCC(C(=O)NCc2cc(-c3cnc(C(F)(F)F)nc3)ncc2F)N1. The Morgan fingerprint density at radius 2 is 1.93 bits per heavy atom. The summed E-state index contributed by atoms with van der Waals surface area (Å²) in [6, 6.07) is 1.30. The van der Waals surface area contributed by atoms with Crippen LogP contribution in [0.15, 0.2) is 24.7 Å².